The van der Waals surface area contributed by atoms with E-state index in [1.54, 1.807) is 0 Å². The molecule has 3 unspecified atom stereocenters. The molecule has 0 aromatic rings. The Labute approximate surface area is 100 Å². The summed E-state index contributed by atoms with van der Waals surface area (Å²) >= 11 is 0. The Bertz CT molecular complexity index is 219. The number of hydrogen-bond donors (Lipinski definition) is 1. The van der Waals surface area contributed by atoms with E-state index in [9.17, 15) is 0 Å². The molecule has 3 nitrogen and oxygen atoms in total. The van der Waals surface area contributed by atoms with Gasteiger partial charge >= 0.3 is 0 Å². The molecule has 2 fully saturated rings. The van der Waals surface area contributed by atoms with Crippen LogP contribution in [-0.2, 0) is 0 Å². The van der Waals surface area contributed by atoms with Crippen molar-refractivity contribution in [3.05, 3.63) is 0 Å². The summed E-state index contributed by atoms with van der Waals surface area (Å²) in [6, 6.07) is 2.37. The van der Waals surface area contributed by atoms with Gasteiger partial charge in [0.1, 0.15) is 0 Å². The van der Waals surface area contributed by atoms with Gasteiger partial charge in [0.2, 0.25) is 0 Å². The fourth-order valence-electron chi connectivity index (χ4n) is 3.22. The van der Waals surface area contributed by atoms with Crippen LogP contribution in [-0.4, -0.2) is 61.2 Å². The first-order valence-corrected chi connectivity index (χ1v) is 6.89. The minimum Gasteiger partial charge on any atom is -0.315 e. The van der Waals surface area contributed by atoms with Gasteiger partial charge in [-0.2, -0.15) is 0 Å². The topological polar surface area (TPSA) is 18.5 Å². The summed E-state index contributed by atoms with van der Waals surface area (Å²) in [4.78, 5) is 5.31. The predicted molar refractivity (Wildman–Crippen MR) is 68.8 cm³/mol. The van der Waals surface area contributed by atoms with Crippen LogP contribution in [0.2, 0.25) is 0 Å². The second kappa shape index (κ2) is 5.48. The SMILES string of the molecule is CCNCC(C)N1CCC2CCC(C1)N2C. The van der Waals surface area contributed by atoms with E-state index in [2.05, 4.69) is 36.0 Å². The average molecular weight is 225 g/mol. The molecule has 0 aromatic heterocycles. The summed E-state index contributed by atoms with van der Waals surface area (Å²) in [6.45, 7) is 9.34. The number of nitrogens with one attached hydrogen (secondary N) is 1. The predicted octanol–water partition coefficient (Wildman–Crippen LogP) is 1.15. The standard InChI is InChI=1S/C13H27N3/c1-4-14-9-11(2)16-8-7-12-5-6-13(10-16)15(12)3/h11-14H,4-10H2,1-3H3. The molecule has 3 atom stereocenters. The molecule has 2 aliphatic rings. The van der Waals surface area contributed by atoms with Crippen molar-refractivity contribution in [2.45, 2.75) is 51.2 Å². The first kappa shape index (κ1) is 12.3. The lowest BCUT2D eigenvalue weighted by molar-refractivity contribution is 0.178. The third kappa shape index (κ3) is 2.58. The second-order valence-corrected chi connectivity index (χ2v) is 5.49. The summed E-state index contributed by atoms with van der Waals surface area (Å²) in [7, 11) is 2.32. The van der Waals surface area contributed by atoms with E-state index in [0.29, 0.717) is 6.04 Å². The van der Waals surface area contributed by atoms with Crippen molar-refractivity contribution >= 4 is 0 Å². The Morgan fingerprint density at radius 3 is 2.75 bits per heavy atom. The lowest BCUT2D eigenvalue weighted by Crippen LogP contribution is -2.45. The van der Waals surface area contributed by atoms with E-state index < -0.39 is 0 Å². The first-order chi connectivity index (χ1) is 7.72. The van der Waals surface area contributed by atoms with Gasteiger partial charge in [-0.15, -0.1) is 0 Å². The molecule has 0 spiro atoms. The van der Waals surface area contributed by atoms with E-state index in [1.165, 1.54) is 32.4 Å². The Morgan fingerprint density at radius 1 is 1.25 bits per heavy atom. The summed E-state index contributed by atoms with van der Waals surface area (Å²) in [6.07, 6.45) is 4.20. The van der Waals surface area contributed by atoms with Crippen LogP contribution in [0.5, 0.6) is 0 Å². The van der Waals surface area contributed by atoms with Crippen LogP contribution in [0, 0.1) is 0 Å². The molecule has 3 heteroatoms. The van der Waals surface area contributed by atoms with E-state index in [4.69, 9.17) is 0 Å². The van der Waals surface area contributed by atoms with Crippen molar-refractivity contribution in [1.29, 1.82) is 0 Å². The van der Waals surface area contributed by atoms with Crippen molar-refractivity contribution in [1.82, 2.24) is 15.1 Å². The van der Waals surface area contributed by atoms with E-state index in [-0.39, 0.29) is 0 Å². The highest BCUT2D eigenvalue weighted by atomic mass is 15.3. The summed E-state index contributed by atoms with van der Waals surface area (Å²) in [5.41, 5.74) is 0. The Morgan fingerprint density at radius 2 is 2.00 bits per heavy atom. The van der Waals surface area contributed by atoms with E-state index in [1.807, 2.05) is 0 Å². The second-order valence-electron chi connectivity index (χ2n) is 5.49. The third-order valence-electron chi connectivity index (χ3n) is 4.49. The summed E-state index contributed by atoms with van der Waals surface area (Å²) < 4.78 is 0. The number of fused-ring (bicyclic) bond motifs is 2. The zero-order valence-corrected chi connectivity index (χ0v) is 11.1. The molecule has 2 rings (SSSR count). The van der Waals surface area contributed by atoms with Crippen molar-refractivity contribution < 1.29 is 0 Å². The highest BCUT2D eigenvalue weighted by Gasteiger charge is 2.35. The highest BCUT2D eigenvalue weighted by Crippen LogP contribution is 2.28. The maximum absolute atomic E-state index is 3.47. The molecular weight excluding hydrogens is 198 g/mol. The molecule has 16 heavy (non-hydrogen) atoms. The molecule has 0 aliphatic carbocycles. The van der Waals surface area contributed by atoms with Gasteiger partial charge < -0.3 is 5.32 Å². The lowest BCUT2D eigenvalue weighted by atomic mass is 10.1. The van der Waals surface area contributed by atoms with Crippen molar-refractivity contribution in [3.63, 3.8) is 0 Å². The Kier molecular flexibility index (Phi) is 4.22. The highest BCUT2D eigenvalue weighted by molar-refractivity contribution is 4.92. The van der Waals surface area contributed by atoms with Crippen molar-refractivity contribution in [2.24, 2.45) is 0 Å². The van der Waals surface area contributed by atoms with Crippen LogP contribution in [0.1, 0.15) is 33.1 Å². The molecular formula is C13H27N3. The lowest BCUT2D eigenvalue weighted by Gasteiger charge is -2.31. The smallest absolute Gasteiger partial charge is 0.0223 e. The molecule has 1 N–H and O–H groups in total. The normalized spacial score (nSPS) is 33.9. The molecule has 0 amide bonds. The molecule has 0 aromatic carbocycles. The quantitative estimate of drug-likeness (QED) is 0.774. The maximum atomic E-state index is 3.47. The maximum Gasteiger partial charge on any atom is 0.0223 e. The minimum absolute atomic E-state index is 0.688. The van der Waals surface area contributed by atoms with Crippen molar-refractivity contribution in [3.8, 4) is 0 Å². The van der Waals surface area contributed by atoms with Crippen molar-refractivity contribution in [2.75, 3.05) is 33.2 Å². The van der Waals surface area contributed by atoms with E-state index >= 15 is 0 Å². The Balaban J connectivity index is 1.88. The van der Waals surface area contributed by atoms with Crippen LogP contribution < -0.4 is 5.32 Å². The van der Waals surface area contributed by atoms with Gasteiger partial charge in [-0.25, -0.2) is 0 Å². The number of rotatable bonds is 4. The van der Waals surface area contributed by atoms with Crippen LogP contribution in [0.25, 0.3) is 0 Å². The average Bonchev–Trinajstić information content (AvgIpc) is 2.50. The largest absolute Gasteiger partial charge is 0.315 e. The van der Waals surface area contributed by atoms with Gasteiger partial charge in [0, 0.05) is 37.8 Å². The van der Waals surface area contributed by atoms with Gasteiger partial charge in [0.05, 0.1) is 0 Å². The number of nitrogens with zero attached hydrogens (tertiary/aromatic N) is 2. The Hall–Kier alpha value is -0.120. The molecule has 2 heterocycles. The van der Waals surface area contributed by atoms with E-state index in [0.717, 1.165) is 25.2 Å². The van der Waals surface area contributed by atoms with Gasteiger partial charge in [-0.3, -0.25) is 9.80 Å². The van der Waals surface area contributed by atoms with Gasteiger partial charge in [-0.05, 0) is 39.8 Å². The molecule has 2 aliphatic heterocycles. The third-order valence-corrected chi connectivity index (χ3v) is 4.49. The zero-order valence-electron chi connectivity index (χ0n) is 11.1. The number of likely N-dealkylation sites (tertiary alicyclic amines) is 1. The molecule has 0 radical (unpaired) electrons. The molecule has 2 bridgehead atoms. The first-order valence-electron chi connectivity index (χ1n) is 6.89. The summed E-state index contributed by atoms with van der Waals surface area (Å²) in [5.74, 6) is 0. The summed E-state index contributed by atoms with van der Waals surface area (Å²) in [5, 5.41) is 3.47. The van der Waals surface area contributed by atoms with Gasteiger partial charge in [-0.1, -0.05) is 6.92 Å². The number of hydrogen-bond acceptors (Lipinski definition) is 3. The zero-order chi connectivity index (χ0) is 11.5. The molecule has 0 saturated carbocycles. The monoisotopic (exact) mass is 225 g/mol. The van der Waals surface area contributed by atoms with Crippen LogP contribution >= 0.6 is 0 Å². The van der Waals surface area contributed by atoms with Crippen LogP contribution in [0.15, 0.2) is 0 Å². The van der Waals surface area contributed by atoms with Gasteiger partial charge in [0.15, 0.2) is 0 Å². The van der Waals surface area contributed by atoms with Crippen LogP contribution in [0.4, 0.5) is 0 Å². The number of likely N-dealkylation sites (N-methyl/N-ethyl adjacent to an activating group) is 2. The van der Waals surface area contributed by atoms with Gasteiger partial charge in [0.25, 0.3) is 0 Å². The molecule has 94 valence electrons. The fourth-order valence-corrected chi connectivity index (χ4v) is 3.22. The molecule has 2 saturated heterocycles. The minimum atomic E-state index is 0.688. The fraction of sp³-hybridized carbons (Fsp3) is 1.00. The van der Waals surface area contributed by atoms with Crippen LogP contribution in [0.3, 0.4) is 0 Å².